The van der Waals surface area contributed by atoms with Crippen LogP contribution in [-0.2, 0) is 4.79 Å². The Morgan fingerprint density at radius 1 is 0.919 bits per heavy atom. The van der Waals surface area contributed by atoms with Crippen molar-refractivity contribution in [1.29, 1.82) is 0 Å². The number of rotatable bonds is 8. The monoisotopic (exact) mass is 599 g/mol. The zero-order chi connectivity index (χ0) is 26.9. The first-order valence-electron chi connectivity index (χ1n) is 11.2. The van der Waals surface area contributed by atoms with Gasteiger partial charge in [-0.3, -0.25) is 9.59 Å². The second kappa shape index (κ2) is 11.3. The van der Waals surface area contributed by atoms with Crippen LogP contribution in [0.25, 0.3) is 0 Å². The molecule has 1 aliphatic carbocycles. The molecule has 0 saturated heterocycles. The zero-order valence-electron chi connectivity index (χ0n) is 19.4. The minimum Gasteiger partial charge on any atom is -0.395 e. The molecule has 0 aliphatic heterocycles. The van der Waals surface area contributed by atoms with Crippen molar-refractivity contribution < 1.29 is 14.7 Å². The lowest BCUT2D eigenvalue weighted by Gasteiger charge is -2.13. The highest BCUT2D eigenvalue weighted by Crippen LogP contribution is 2.65. The van der Waals surface area contributed by atoms with Crippen LogP contribution in [0.15, 0.2) is 54.6 Å². The van der Waals surface area contributed by atoms with Crippen LogP contribution in [0.4, 0.5) is 17.1 Å². The first-order valence-corrected chi connectivity index (χ1v) is 13.1. The third kappa shape index (κ3) is 6.28. The molecule has 0 bridgehead atoms. The van der Waals surface area contributed by atoms with Crippen LogP contribution >= 0.6 is 58.0 Å². The second-order valence-electron chi connectivity index (χ2n) is 8.65. The number of carbonyl (C=O) groups excluding carboxylic acids is 2. The van der Waals surface area contributed by atoms with Crippen LogP contribution in [0, 0.1) is 12.8 Å². The van der Waals surface area contributed by atoms with Gasteiger partial charge in [0.15, 0.2) is 0 Å². The normalized spacial score (nSPS) is 17.7. The van der Waals surface area contributed by atoms with Crippen molar-refractivity contribution in [3.8, 4) is 0 Å². The number of alkyl halides is 2. The van der Waals surface area contributed by atoms with Crippen molar-refractivity contribution in [2.75, 3.05) is 29.1 Å². The molecule has 4 rings (SSSR count). The van der Waals surface area contributed by atoms with E-state index in [0.29, 0.717) is 33.5 Å². The number of amides is 2. The first-order chi connectivity index (χ1) is 17.5. The van der Waals surface area contributed by atoms with Crippen LogP contribution in [0.3, 0.4) is 0 Å². The van der Waals surface area contributed by atoms with Gasteiger partial charge in [-0.15, -0.1) is 23.2 Å². The number of carbonyl (C=O) groups is 2. The lowest BCUT2D eigenvalue weighted by molar-refractivity contribution is -0.117. The standard InChI is InChI=1S/C26H22Cl5N3O3/c1-13-8-17(32-6-7-35)3-5-21(13)34-24(36)19-12-18(2-4-20(19)29)33-25(37)23-22(26(23,30)31)14-9-15(27)11-16(28)10-14/h2-5,8-12,22-23,32,35H,6-7H2,1H3,(H,33,37)(H,34,36)/t22-,23+/m0/s1. The minimum atomic E-state index is -1.33. The van der Waals surface area contributed by atoms with Gasteiger partial charge in [-0.2, -0.15) is 0 Å². The lowest BCUT2D eigenvalue weighted by atomic mass is 10.1. The number of hydrogen-bond acceptors (Lipinski definition) is 4. The molecule has 6 nitrogen and oxygen atoms in total. The SMILES string of the molecule is Cc1cc(NCCO)ccc1NC(=O)c1cc(NC(=O)[C@H]2[C@H](c3cc(Cl)cc(Cl)c3)C2(Cl)Cl)ccc1Cl. The van der Waals surface area contributed by atoms with Gasteiger partial charge in [0, 0.05) is 39.6 Å². The van der Waals surface area contributed by atoms with Crippen molar-refractivity contribution in [1.82, 2.24) is 0 Å². The second-order valence-corrected chi connectivity index (χ2v) is 11.4. The summed E-state index contributed by atoms with van der Waals surface area (Å²) in [6, 6.07) is 14.9. The number of benzene rings is 3. The summed E-state index contributed by atoms with van der Waals surface area (Å²) in [7, 11) is 0. The van der Waals surface area contributed by atoms with E-state index in [1.165, 1.54) is 12.1 Å². The number of nitrogens with one attached hydrogen (secondary N) is 3. The largest absolute Gasteiger partial charge is 0.395 e. The van der Waals surface area contributed by atoms with E-state index in [4.69, 9.17) is 63.1 Å². The summed E-state index contributed by atoms with van der Waals surface area (Å²) in [4.78, 5) is 26.1. The third-order valence-electron chi connectivity index (χ3n) is 5.97. The minimum absolute atomic E-state index is 0.00996. The molecule has 0 heterocycles. The summed E-state index contributed by atoms with van der Waals surface area (Å²) in [6.07, 6.45) is 0. The summed E-state index contributed by atoms with van der Waals surface area (Å²) in [5.41, 5.74) is 3.43. The summed E-state index contributed by atoms with van der Waals surface area (Å²) in [6.45, 7) is 2.28. The van der Waals surface area contributed by atoms with Gasteiger partial charge in [-0.1, -0.05) is 34.8 Å². The number of aliphatic hydroxyl groups excluding tert-OH is 1. The van der Waals surface area contributed by atoms with E-state index >= 15 is 0 Å². The van der Waals surface area contributed by atoms with Gasteiger partial charge in [0.2, 0.25) is 5.91 Å². The van der Waals surface area contributed by atoms with E-state index in [1.807, 2.05) is 13.0 Å². The lowest BCUT2D eigenvalue weighted by Crippen LogP contribution is -2.18. The molecule has 37 heavy (non-hydrogen) atoms. The molecular formula is C26H22Cl5N3O3. The van der Waals surface area contributed by atoms with Crippen molar-refractivity contribution in [2.24, 2.45) is 5.92 Å². The smallest absolute Gasteiger partial charge is 0.257 e. The molecule has 194 valence electrons. The Labute approximate surface area is 239 Å². The molecule has 4 N–H and O–H groups in total. The van der Waals surface area contributed by atoms with E-state index in [0.717, 1.165) is 11.3 Å². The van der Waals surface area contributed by atoms with Crippen LogP contribution in [-0.4, -0.2) is 34.4 Å². The third-order valence-corrected chi connectivity index (χ3v) is 7.68. The van der Waals surface area contributed by atoms with Crippen molar-refractivity contribution in [2.45, 2.75) is 17.2 Å². The fourth-order valence-corrected chi connectivity index (χ4v) is 5.70. The molecule has 2 amide bonds. The molecule has 2 atom stereocenters. The Balaban J connectivity index is 1.48. The maximum Gasteiger partial charge on any atom is 0.257 e. The molecule has 3 aromatic rings. The van der Waals surface area contributed by atoms with Crippen LogP contribution in [0.2, 0.25) is 15.1 Å². The van der Waals surface area contributed by atoms with Gasteiger partial charge in [-0.25, -0.2) is 0 Å². The summed E-state index contributed by atoms with van der Waals surface area (Å²) in [5.74, 6) is -2.11. The molecule has 1 fully saturated rings. The Kier molecular flexibility index (Phi) is 8.48. The molecule has 0 spiro atoms. The number of anilines is 3. The average molecular weight is 602 g/mol. The predicted molar refractivity (Wildman–Crippen MR) is 152 cm³/mol. The number of halogens is 5. The molecule has 3 aromatic carbocycles. The van der Waals surface area contributed by atoms with Crippen molar-refractivity contribution in [3.05, 3.63) is 86.4 Å². The Morgan fingerprint density at radius 3 is 2.24 bits per heavy atom. The Morgan fingerprint density at radius 2 is 1.59 bits per heavy atom. The maximum atomic E-state index is 13.1. The molecule has 1 saturated carbocycles. The summed E-state index contributed by atoms with van der Waals surface area (Å²) >= 11 is 31.4. The van der Waals surface area contributed by atoms with Gasteiger partial charge in [0.1, 0.15) is 4.33 Å². The predicted octanol–water partition coefficient (Wildman–Crippen LogP) is 7.14. The number of aliphatic hydroxyl groups is 1. The molecule has 0 radical (unpaired) electrons. The fourth-order valence-electron chi connectivity index (χ4n) is 4.12. The molecule has 11 heteroatoms. The van der Waals surface area contributed by atoms with Crippen LogP contribution in [0.1, 0.15) is 27.4 Å². The highest BCUT2D eigenvalue weighted by Gasteiger charge is 2.67. The van der Waals surface area contributed by atoms with Gasteiger partial charge >= 0.3 is 0 Å². The first kappa shape index (κ1) is 27.8. The highest BCUT2D eigenvalue weighted by molar-refractivity contribution is 6.53. The number of aryl methyl sites for hydroxylation is 1. The van der Waals surface area contributed by atoms with Gasteiger partial charge in [-0.05, 0) is 72.6 Å². The highest BCUT2D eigenvalue weighted by atomic mass is 35.5. The van der Waals surface area contributed by atoms with Crippen LogP contribution < -0.4 is 16.0 Å². The molecule has 1 aliphatic rings. The van der Waals surface area contributed by atoms with Gasteiger partial charge < -0.3 is 21.1 Å². The van der Waals surface area contributed by atoms with Gasteiger partial charge in [0.25, 0.3) is 5.91 Å². The van der Waals surface area contributed by atoms with E-state index < -0.39 is 28.0 Å². The number of hydrogen-bond donors (Lipinski definition) is 4. The molecule has 0 aromatic heterocycles. The fraction of sp³-hybridized carbons (Fsp3) is 0.231. The van der Waals surface area contributed by atoms with E-state index in [2.05, 4.69) is 16.0 Å². The maximum absolute atomic E-state index is 13.1. The van der Waals surface area contributed by atoms with E-state index in [1.54, 1.807) is 36.4 Å². The van der Waals surface area contributed by atoms with Crippen LogP contribution in [0.5, 0.6) is 0 Å². The summed E-state index contributed by atoms with van der Waals surface area (Å²) in [5, 5.41) is 18.7. The Hall–Kier alpha value is -2.19. The molecular weight excluding hydrogens is 580 g/mol. The Bertz CT molecular complexity index is 1350. The van der Waals surface area contributed by atoms with Crippen molar-refractivity contribution in [3.63, 3.8) is 0 Å². The topological polar surface area (TPSA) is 90.5 Å². The van der Waals surface area contributed by atoms with Gasteiger partial charge in [0.05, 0.1) is 23.1 Å². The zero-order valence-corrected chi connectivity index (χ0v) is 23.2. The average Bonchev–Trinajstić information content (AvgIpc) is 3.41. The van der Waals surface area contributed by atoms with E-state index in [-0.39, 0.29) is 17.2 Å². The van der Waals surface area contributed by atoms with E-state index in [9.17, 15) is 9.59 Å². The quantitative estimate of drug-likeness (QED) is 0.207. The molecule has 0 unspecified atom stereocenters. The van der Waals surface area contributed by atoms with Crippen molar-refractivity contribution >= 4 is 86.9 Å². The summed E-state index contributed by atoms with van der Waals surface area (Å²) < 4.78 is -1.33.